The number of aromatic nitrogens is 1. The number of hydrogen-bond acceptors (Lipinski definition) is 3. The van der Waals surface area contributed by atoms with Crippen LogP contribution in [-0.4, -0.2) is 4.98 Å². The zero-order chi connectivity index (χ0) is 10.5. The third-order valence-electron chi connectivity index (χ3n) is 2.21. The summed E-state index contributed by atoms with van der Waals surface area (Å²) >= 11 is 0. The molecule has 2 aromatic rings. The van der Waals surface area contributed by atoms with Crippen molar-refractivity contribution in [3.8, 4) is 0 Å². The lowest BCUT2D eigenvalue weighted by molar-refractivity contribution is 0.476. The second kappa shape index (κ2) is 4.64. The zero-order valence-electron chi connectivity index (χ0n) is 8.73. The fraction of sp³-hybridized carbons (Fsp3) is 0.250. The Balaban J connectivity index is 1.93. The lowest BCUT2D eigenvalue weighted by Gasteiger charge is -2.02. The summed E-state index contributed by atoms with van der Waals surface area (Å²) in [5.74, 6) is 1.99. The average Bonchev–Trinajstić information content (AvgIpc) is 2.76. The van der Waals surface area contributed by atoms with E-state index in [0.29, 0.717) is 6.54 Å². The van der Waals surface area contributed by atoms with Crippen LogP contribution in [0.5, 0.6) is 0 Å². The highest BCUT2D eigenvalue weighted by Crippen LogP contribution is 2.11. The number of nitrogens with zero attached hydrogens (tertiary/aromatic N) is 1. The van der Waals surface area contributed by atoms with E-state index in [4.69, 9.17) is 4.42 Å². The molecule has 0 saturated carbocycles. The summed E-state index contributed by atoms with van der Waals surface area (Å²) in [6.45, 7) is 2.79. The van der Waals surface area contributed by atoms with Crippen LogP contribution < -0.4 is 5.32 Å². The normalized spacial score (nSPS) is 10.2. The first-order valence-corrected chi connectivity index (χ1v) is 5.10. The van der Waals surface area contributed by atoms with Gasteiger partial charge in [0, 0.05) is 24.5 Å². The minimum absolute atomic E-state index is 0.712. The van der Waals surface area contributed by atoms with Crippen molar-refractivity contribution >= 4 is 5.69 Å². The molecule has 0 spiro atoms. The van der Waals surface area contributed by atoms with Crippen molar-refractivity contribution in [3.05, 3.63) is 48.2 Å². The zero-order valence-corrected chi connectivity index (χ0v) is 8.73. The smallest absolute Gasteiger partial charge is 0.123 e. The summed E-state index contributed by atoms with van der Waals surface area (Å²) < 4.78 is 5.58. The highest BCUT2D eigenvalue weighted by atomic mass is 16.3. The molecular weight excluding hydrogens is 188 g/mol. The van der Waals surface area contributed by atoms with Crippen LogP contribution in [-0.2, 0) is 13.0 Å². The third kappa shape index (κ3) is 2.59. The van der Waals surface area contributed by atoms with Gasteiger partial charge in [-0.05, 0) is 24.3 Å². The van der Waals surface area contributed by atoms with Gasteiger partial charge in [-0.3, -0.25) is 4.98 Å². The molecule has 78 valence electrons. The minimum atomic E-state index is 0.712. The molecule has 2 rings (SSSR count). The highest BCUT2D eigenvalue weighted by molar-refractivity contribution is 5.40. The summed E-state index contributed by atoms with van der Waals surface area (Å²) in [7, 11) is 0. The van der Waals surface area contributed by atoms with E-state index in [9.17, 15) is 0 Å². The molecule has 3 nitrogen and oxygen atoms in total. The van der Waals surface area contributed by atoms with Gasteiger partial charge in [-0.25, -0.2) is 0 Å². The molecule has 0 radical (unpaired) electrons. The molecule has 0 atom stereocenters. The number of nitrogens with one attached hydrogen (secondary N) is 1. The molecule has 0 amide bonds. The maximum Gasteiger partial charge on any atom is 0.123 e. The molecule has 0 fully saturated rings. The van der Waals surface area contributed by atoms with E-state index in [2.05, 4.69) is 17.2 Å². The lowest BCUT2D eigenvalue weighted by atomic mass is 10.3. The second-order valence-electron chi connectivity index (χ2n) is 3.31. The predicted molar refractivity (Wildman–Crippen MR) is 59.6 cm³/mol. The Morgan fingerprint density at radius 3 is 2.53 bits per heavy atom. The van der Waals surface area contributed by atoms with Crippen LogP contribution in [0.4, 0.5) is 5.69 Å². The number of pyridine rings is 1. The van der Waals surface area contributed by atoms with E-state index in [1.165, 1.54) is 0 Å². The van der Waals surface area contributed by atoms with Crippen molar-refractivity contribution < 1.29 is 4.42 Å². The van der Waals surface area contributed by atoms with Gasteiger partial charge in [0.2, 0.25) is 0 Å². The van der Waals surface area contributed by atoms with E-state index < -0.39 is 0 Å². The quantitative estimate of drug-likeness (QED) is 0.828. The van der Waals surface area contributed by atoms with Gasteiger partial charge in [-0.15, -0.1) is 0 Å². The van der Waals surface area contributed by atoms with Crippen LogP contribution in [0, 0.1) is 0 Å². The summed E-state index contributed by atoms with van der Waals surface area (Å²) in [4.78, 5) is 3.95. The Bertz CT molecular complexity index is 409. The van der Waals surface area contributed by atoms with Crippen molar-refractivity contribution in [1.82, 2.24) is 4.98 Å². The van der Waals surface area contributed by atoms with Crippen LogP contribution in [0.2, 0.25) is 0 Å². The number of anilines is 1. The Morgan fingerprint density at radius 1 is 1.13 bits per heavy atom. The molecule has 2 aromatic heterocycles. The molecule has 0 aromatic carbocycles. The maximum atomic E-state index is 5.58. The largest absolute Gasteiger partial charge is 0.464 e. The number of rotatable bonds is 4. The molecule has 0 aliphatic rings. The Kier molecular flexibility index (Phi) is 3.02. The SMILES string of the molecule is CCc1ccc(CNc2ccncc2)o1. The van der Waals surface area contributed by atoms with E-state index in [0.717, 1.165) is 23.6 Å². The molecule has 15 heavy (non-hydrogen) atoms. The van der Waals surface area contributed by atoms with Gasteiger partial charge in [0.1, 0.15) is 11.5 Å². The van der Waals surface area contributed by atoms with Gasteiger partial charge < -0.3 is 9.73 Å². The molecule has 0 unspecified atom stereocenters. The average molecular weight is 202 g/mol. The van der Waals surface area contributed by atoms with Crippen molar-refractivity contribution in [2.45, 2.75) is 19.9 Å². The van der Waals surface area contributed by atoms with Gasteiger partial charge in [0.05, 0.1) is 6.54 Å². The van der Waals surface area contributed by atoms with E-state index in [-0.39, 0.29) is 0 Å². The first-order chi connectivity index (χ1) is 7.38. The van der Waals surface area contributed by atoms with Crippen LogP contribution in [0.15, 0.2) is 41.1 Å². The number of aryl methyl sites for hydroxylation is 1. The van der Waals surface area contributed by atoms with Crippen molar-refractivity contribution in [3.63, 3.8) is 0 Å². The van der Waals surface area contributed by atoms with Gasteiger partial charge in [0.25, 0.3) is 0 Å². The Morgan fingerprint density at radius 2 is 1.87 bits per heavy atom. The summed E-state index contributed by atoms with van der Waals surface area (Å²) in [5.41, 5.74) is 1.06. The fourth-order valence-electron chi connectivity index (χ4n) is 1.37. The Labute approximate surface area is 89.1 Å². The molecule has 3 heteroatoms. The van der Waals surface area contributed by atoms with Crippen LogP contribution >= 0.6 is 0 Å². The van der Waals surface area contributed by atoms with Gasteiger partial charge >= 0.3 is 0 Å². The molecule has 1 N–H and O–H groups in total. The molecule has 2 heterocycles. The first kappa shape index (κ1) is 9.77. The molecule has 0 aliphatic heterocycles. The minimum Gasteiger partial charge on any atom is -0.464 e. The van der Waals surface area contributed by atoms with Gasteiger partial charge in [0.15, 0.2) is 0 Å². The van der Waals surface area contributed by atoms with Crippen molar-refractivity contribution in [2.75, 3.05) is 5.32 Å². The summed E-state index contributed by atoms with van der Waals surface area (Å²) in [5, 5.41) is 3.26. The maximum absolute atomic E-state index is 5.58. The first-order valence-electron chi connectivity index (χ1n) is 5.10. The molecule has 0 saturated heterocycles. The molecular formula is C12H14N2O. The standard InChI is InChI=1S/C12H14N2O/c1-2-11-3-4-12(15-11)9-14-10-5-7-13-8-6-10/h3-8H,2,9H2,1H3,(H,13,14). The predicted octanol–water partition coefficient (Wildman–Crippen LogP) is 2.85. The monoisotopic (exact) mass is 202 g/mol. The van der Waals surface area contributed by atoms with E-state index >= 15 is 0 Å². The van der Waals surface area contributed by atoms with Crippen LogP contribution in [0.1, 0.15) is 18.4 Å². The Hall–Kier alpha value is -1.77. The molecule has 0 aliphatic carbocycles. The van der Waals surface area contributed by atoms with Crippen molar-refractivity contribution in [2.24, 2.45) is 0 Å². The lowest BCUT2D eigenvalue weighted by Crippen LogP contribution is -1.97. The van der Waals surface area contributed by atoms with E-state index in [1.807, 2.05) is 24.3 Å². The topological polar surface area (TPSA) is 38.1 Å². The third-order valence-corrected chi connectivity index (χ3v) is 2.21. The second-order valence-corrected chi connectivity index (χ2v) is 3.31. The fourth-order valence-corrected chi connectivity index (χ4v) is 1.37. The number of hydrogen-bond donors (Lipinski definition) is 1. The highest BCUT2D eigenvalue weighted by Gasteiger charge is 1.99. The summed E-state index contributed by atoms with van der Waals surface area (Å²) in [6.07, 6.45) is 4.47. The van der Waals surface area contributed by atoms with Crippen LogP contribution in [0.25, 0.3) is 0 Å². The van der Waals surface area contributed by atoms with Crippen LogP contribution in [0.3, 0.4) is 0 Å². The van der Waals surface area contributed by atoms with Gasteiger partial charge in [-0.1, -0.05) is 6.92 Å². The molecule has 0 bridgehead atoms. The van der Waals surface area contributed by atoms with Gasteiger partial charge in [-0.2, -0.15) is 0 Å². The summed E-state index contributed by atoms with van der Waals surface area (Å²) in [6, 6.07) is 7.89. The van der Waals surface area contributed by atoms with E-state index in [1.54, 1.807) is 12.4 Å². The number of furan rings is 1. The van der Waals surface area contributed by atoms with Crippen molar-refractivity contribution in [1.29, 1.82) is 0 Å².